The van der Waals surface area contributed by atoms with Gasteiger partial charge in [-0.3, -0.25) is 14.4 Å². The molecule has 0 aliphatic heterocycles. The first kappa shape index (κ1) is 17.4. The maximum atomic E-state index is 12.8. The fourth-order valence-corrected chi connectivity index (χ4v) is 3.71. The predicted octanol–water partition coefficient (Wildman–Crippen LogP) is 3.49. The molecule has 25 heavy (non-hydrogen) atoms. The summed E-state index contributed by atoms with van der Waals surface area (Å²) in [4.78, 5) is 41.4. The van der Waals surface area contributed by atoms with Crippen LogP contribution in [0.15, 0.2) is 35.2 Å². The van der Waals surface area contributed by atoms with Gasteiger partial charge in [0.1, 0.15) is 5.69 Å². The number of hydrogen-bond donors (Lipinski definition) is 0. The van der Waals surface area contributed by atoms with Gasteiger partial charge in [0.2, 0.25) is 11.6 Å². The van der Waals surface area contributed by atoms with E-state index in [9.17, 15) is 14.4 Å². The van der Waals surface area contributed by atoms with Crippen molar-refractivity contribution in [2.45, 2.75) is 20.3 Å². The molecule has 0 saturated carbocycles. The van der Waals surface area contributed by atoms with E-state index < -0.39 is 0 Å². The summed E-state index contributed by atoms with van der Waals surface area (Å²) in [6, 6.07) is 7.45. The van der Waals surface area contributed by atoms with Crippen LogP contribution in [0.5, 0.6) is 0 Å². The van der Waals surface area contributed by atoms with E-state index in [1.807, 2.05) is 31.2 Å². The molecule has 0 unspecified atom stereocenters. The first-order chi connectivity index (χ1) is 12.0. The van der Waals surface area contributed by atoms with Crippen molar-refractivity contribution in [1.82, 2.24) is 4.98 Å². The van der Waals surface area contributed by atoms with Crippen molar-refractivity contribution in [2.24, 2.45) is 0 Å². The van der Waals surface area contributed by atoms with Crippen LogP contribution in [0.4, 0.5) is 0 Å². The number of aromatic nitrogens is 1. The molecule has 0 amide bonds. The molecule has 6 heteroatoms. The average Bonchev–Trinajstić information content (AvgIpc) is 2.59. The largest absolute Gasteiger partial charge is 0.466 e. The Bertz CT molecular complexity index is 917. The zero-order valence-corrected chi connectivity index (χ0v) is 14.8. The van der Waals surface area contributed by atoms with Crippen LogP contribution in [0.1, 0.15) is 39.8 Å². The van der Waals surface area contributed by atoms with Crippen molar-refractivity contribution < 1.29 is 19.1 Å². The highest BCUT2D eigenvalue weighted by Gasteiger charge is 2.30. The Hall–Kier alpha value is -2.47. The van der Waals surface area contributed by atoms with Gasteiger partial charge in [-0.25, -0.2) is 4.98 Å². The minimum absolute atomic E-state index is 0.194. The minimum atomic E-state index is -0.311. The summed E-state index contributed by atoms with van der Waals surface area (Å²) in [7, 11) is 0. The molecule has 0 radical (unpaired) electrons. The molecule has 0 spiro atoms. The van der Waals surface area contributed by atoms with Crippen LogP contribution < -0.4 is 0 Å². The van der Waals surface area contributed by atoms with Crippen molar-refractivity contribution in [3.8, 4) is 0 Å². The Balaban J connectivity index is 1.89. The van der Waals surface area contributed by atoms with Crippen molar-refractivity contribution in [3.63, 3.8) is 0 Å². The fourth-order valence-electron chi connectivity index (χ4n) is 2.79. The summed E-state index contributed by atoms with van der Waals surface area (Å²) in [5.74, 6) is -0.408. The van der Waals surface area contributed by atoms with Crippen LogP contribution in [0.25, 0.3) is 10.9 Å². The number of pyridine rings is 1. The molecular weight excluding hydrogens is 338 g/mol. The van der Waals surface area contributed by atoms with Crippen LogP contribution in [0.3, 0.4) is 0 Å². The van der Waals surface area contributed by atoms with Crippen molar-refractivity contribution in [1.29, 1.82) is 0 Å². The van der Waals surface area contributed by atoms with E-state index in [-0.39, 0.29) is 29.7 Å². The number of benzene rings is 1. The van der Waals surface area contributed by atoms with Gasteiger partial charge in [0.15, 0.2) is 0 Å². The average molecular weight is 355 g/mol. The number of ether oxygens (including phenoxy) is 1. The number of carbonyl (C=O) groups is 3. The van der Waals surface area contributed by atoms with Gasteiger partial charge in [-0.1, -0.05) is 18.2 Å². The lowest BCUT2D eigenvalue weighted by atomic mass is 9.93. The van der Waals surface area contributed by atoms with Crippen LogP contribution in [-0.4, -0.2) is 34.9 Å². The van der Waals surface area contributed by atoms with Gasteiger partial charge >= 0.3 is 5.97 Å². The van der Waals surface area contributed by atoms with Crippen LogP contribution in [0, 0.1) is 6.92 Å². The van der Waals surface area contributed by atoms with E-state index in [0.717, 1.165) is 10.9 Å². The molecule has 2 aromatic rings. The molecule has 0 saturated heterocycles. The number of esters is 1. The van der Waals surface area contributed by atoms with E-state index in [2.05, 4.69) is 4.98 Å². The zero-order chi connectivity index (χ0) is 18.0. The Morgan fingerprint density at radius 1 is 1.24 bits per heavy atom. The maximum Gasteiger partial charge on any atom is 0.306 e. The van der Waals surface area contributed by atoms with Gasteiger partial charge in [-0.15, -0.1) is 11.8 Å². The number of rotatable bonds is 5. The van der Waals surface area contributed by atoms with Gasteiger partial charge in [0.05, 0.1) is 29.0 Å². The van der Waals surface area contributed by atoms with E-state index in [1.165, 1.54) is 17.8 Å². The molecule has 0 N–H and O–H groups in total. The van der Waals surface area contributed by atoms with Gasteiger partial charge in [0, 0.05) is 17.2 Å². The number of carbonyl (C=O) groups excluding carboxylic acids is 3. The van der Waals surface area contributed by atoms with Gasteiger partial charge < -0.3 is 4.74 Å². The lowest BCUT2D eigenvalue weighted by Crippen LogP contribution is -2.19. The third-order valence-corrected chi connectivity index (χ3v) is 4.99. The quantitative estimate of drug-likeness (QED) is 0.765. The summed E-state index contributed by atoms with van der Waals surface area (Å²) in [5, 5.41) is 0.861. The summed E-state index contributed by atoms with van der Waals surface area (Å²) < 4.78 is 4.87. The number of nitrogens with zero attached hydrogens (tertiary/aromatic N) is 1. The molecule has 0 fully saturated rings. The standard InChI is InChI=1S/C19H17NO4S/c1-3-24-16(22)8-9-25-15-10-14(21)18-17(19(15)23)11(2)12-6-4-5-7-13(12)20-18/h4-7,10H,3,8-9H2,1-2H3. The Labute approximate surface area is 149 Å². The van der Waals surface area contributed by atoms with Crippen molar-refractivity contribution in [3.05, 3.63) is 52.1 Å². The third-order valence-electron chi connectivity index (χ3n) is 3.97. The normalized spacial score (nSPS) is 13.6. The topological polar surface area (TPSA) is 73.3 Å². The lowest BCUT2D eigenvalue weighted by molar-refractivity contribution is -0.142. The molecule has 0 bridgehead atoms. The number of thioether (sulfide) groups is 1. The minimum Gasteiger partial charge on any atom is -0.466 e. The molecule has 1 heterocycles. The maximum absolute atomic E-state index is 12.8. The number of allylic oxidation sites excluding steroid dienone is 2. The molecule has 1 aromatic carbocycles. The predicted molar refractivity (Wildman–Crippen MR) is 96.9 cm³/mol. The van der Waals surface area contributed by atoms with E-state index in [1.54, 1.807) is 6.92 Å². The molecule has 1 aliphatic carbocycles. The van der Waals surface area contributed by atoms with Gasteiger partial charge in [-0.2, -0.15) is 0 Å². The first-order valence-electron chi connectivity index (χ1n) is 8.01. The summed E-state index contributed by atoms with van der Waals surface area (Å²) >= 11 is 1.20. The second-order valence-corrected chi connectivity index (χ2v) is 6.72. The van der Waals surface area contributed by atoms with Crippen molar-refractivity contribution in [2.75, 3.05) is 12.4 Å². The number of ketones is 2. The zero-order valence-electron chi connectivity index (χ0n) is 14.0. The summed E-state index contributed by atoms with van der Waals surface area (Å²) in [6.45, 7) is 3.91. The Morgan fingerprint density at radius 3 is 2.76 bits per heavy atom. The van der Waals surface area contributed by atoms with E-state index >= 15 is 0 Å². The molecule has 5 nitrogen and oxygen atoms in total. The van der Waals surface area contributed by atoms with Crippen LogP contribution in [-0.2, 0) is 9.53 Å². The monoisotopic (exact) mass is 355 g/mol. The number of hydrogen-bond acceptors (Lipinski definition) is 6. The van der Waals surface area contributed by atoms with Gasteiger partial charge in [0.25, 0.3) is 0 Å². The Kier molecular flexibility index (Phi) is 4.99. The van der Waals surface area contributed by atoms with Crippen molar-refractivity contribution >= 4 is 40.2 Å². The van der Waals surface area contributed by atoms with Crippen LogP contribution >= 0.6 is 11.8 Å². The first-order valence-corrected chi connectivity index (χ1v) is 9.00. The molecule has 1 aliphatic rings. The van der Waals surface area contributed by atoms with Gasteiger partial charge in [-0.05, 0) is 25.5 Å². The molecule has 128 valence electrons. The lowest BCUT2D eigenvalue weighted by Gasteiger charge is -2.17. The fraction of sp³-hybridized carbons (Fsp3) is 0.263. The highest BCUT2D eigenvalue weighted by molar-refractivity contribution is 8.04. The van der Waals surface area contributed by atoms with E-state index in [4.69, 9.17) is 4.74 Å². The molecular formula is C19H17NO4S. The number of para-hydroxylation sites is 1. The molecule has 0 atom stereocenters. The van der Waals surface area contributed by atoms with Crippen LogP contribution in [0.2, 0.25) is 0 Å². The van der Waals surface area contributed by atoms with E-state index in [0.29, 0.717) is 28.3 Å². The third kappa shape index (κ3) is 3.35. The smallest absolute Gasteiger partial charge is 0.306 e. The molecule has 1 aromatic heterocycles. The highest BCUT2D eigenvalue weighted by atomic mass is 32.2. The SMILES string of the molecule is CCOC(=O)CCSC1=CC(=O)c2nc3ccccc3c(C)c2C1=O. The number of aryl methyl sites for hydroxylation is 1. The highest BCUT2D eigenvalue weighted by Crippen LogP contribution is 2.32. The number of Topliss-reactive ketones (excluding diaryl/α,β-unsaturated/α-hetero) is 1. The summed E-state index contributed by atoms with van der Waals surface area (Å²) in [6.07, 6.45) is 1.51. The second-order valence-electron chi connectivity index (χ2n) is 5.58. The Morgan fingerprint density at radius 2 is 2.00 bits per heavy atom. The molecule has 3 rings (SSSR count). The number of fused-ring (bicyclic) bond motifs is 2. The summed E-state index contributed by atoms with van der Waals surface area (Å²) in [5.41, 5.74) is 2.03. The second kappa shape index (κ2) is 7.19.